The van der Waals surface area contributed by atoms with Gasteiger partial charge in [-0.3, -0.25) is 24.5 Å². The molecule has 4 unspecified atom stereocenters. The number of fused-ring (bicyclic) bond motifs is 6. The Morgan fingerprint density at radius 3 is 1.88 bits per heavy atom. The van der Waals surface area contributed by atoms with Crippen molar-refractivity contribution in [2.45, 2.75) is 103 Å². The topological polar surface area (TPSA) is 126 Å². The van der Waals surface area contributed by atoms with Crippen molar-refractivity contribution in [1.82, 2.24) is 20.6 Å². The van der Waals surface area contributed by atoms with Gasteiger partial charge in [0.1, 0.15) is 11.4 Å². The molecule has 3 N–H and O–H groups in total. The molecule has 4 atom stereocenters. The molecule has 3 amide bonds. The van der Waals surface area contributed by atoms with Crippen LogP contribution in [0.4, 0.5) is 20.6 Å². The highest BCUT2D eigenvalue weighted by Crippen LogP contribution is 2.54. The minimum absolute atomic E-state index is 0.0606. The van der Waals surface area contributed by atoms with E-state index in [-0.39, 0.29) is 23.7 Å². The van der Waals surface area contributed by atoms with E-state index in [1.165, 1.54) is 41.9 Å². The number of amides is 3. The molecule has 8 rings (SSSR count). The molecule has 4 aromatic rings. The summed E-state index contributed by atoms with van der Waals surface area (Å²) in [6.07, 6.45) is 2.83. The second-order valence-corrected chi connectivity index (χ2v) is 17.6. The predicted octanol–water partition coefficient (Wildman–Crippen LogP) is 8.58. The number of pyridine rings is 2. The second-order valence-electron chi connectivity index (χ2n) is 17.6. The third kappa shape index (κ3) is 8.41. The lowest BCUT2D eigenvalue weighted by Crippen LogP contribution is -2.43. The van der Waals surface area contributed by atoms with E-state index < -0.39 is 16.7 Å². The first-order chi connectivity index (χ1) is 26.4. The van der Waals surface area contributed by atoms with Crippen LogP contribution in [0.5, 0.6) is 0 Å². The minimum Gasteiger partial charge on any atom is -0.443 e. The minimum atomic E-state index is -0.751. The lowest BCUT2D eigenvalue weighted by Gasteiger charge is -2.32. The number of carbonyl (C=O) groups excluding carboxylic acids is 3. The molecule has 0 saturated heterocycles. The van der Waals surface area contributed by atoms with Crippen LogP contribution in [0, 0.1) is 17.7 Å². The molecule has 11 heteroatoms. The zero-order valence-electron chi connectivity index (χ0n) is 33.6. The van der Waals surface area contributed by atoms with Crippen molar-refractivity contribution in [2.75, 3.05) is 23.3 Å². The van der Waals surface area contributed by atoms with Crippen LogP contribution in [-0.2, 0) is 22.2 Å². The Morgan fingerprint density at radius 2 is 1.29 bits per heavy atom. The Kier molecular flexibility index (Phi) is 10.2. The Balaban J connectivity index is 0.000000175. The molecule has 2 aromatic heterocycles. The third-order valence-corrected chi connectivity index (χ3v) is 11.1. The van der Waals surface area contributed by atoms with Gasteiger partial charge in [-0.1, -0.05) is 19.1 Å². The van der Waals surface area contributed by atoms with Crippen molar-refractivity contribution in [1.29, 1.82) is 0 Å². The van der Waals surface area contributed by atoms with Gasteiger partial charge < -0.3 is 20.7 Å². The number of aromatic nitrogens is 2. The summed E-state index contributed by atoms with van der Waals surface area (Å²) in [6, 6.07) is 21.1. The molecular weight excluding hydrogens is 708 g/mol. The molecule has 294 valence electrons. The van der Waals surface area contributed by atoms with Gasteiger partial charge in [-0.15, -0.1) is 0 Å². The first-order valence-corrected chi connectivity index (χ1v) is 19.7. The molecule has 2 aromatic carbocycles. The van der Waals surface area contributed by atoms with Crippen LogP contribution < -0.4 is 20.9 Å². The van der Waals surface area contributed by atoms with Gasteiger partial charge >= 0.3 is 6.09 Å². The van der Waals surface area contributed by atoms with Gasteiger partial charge in [0.25, 0.3) is 11.8 Å². The monoisotopic (exact) mass is 760 g/mol. The van der Waals surface area contributed by atoms with Gasteiger partial charge in [0.15, 0.2) is 0 Å². The van der Waals surface area contributed by atoms with E-state index in [1.54, 1.807) is 4.90 Å². The first kappa shape index (κ1) is 38.9. The maximum absolute atomic E-state index is 13.2. The van der Waals surface area contributed by atoms with Crippen LogP contribution in [0.1, 0.15) is 129 Å². The molecule has 10 nitrogen and oxygen atoms in total. The van der Waals surface area contributed by atoms with Crippen molar-refractivity contribution in [2.24, 2.45) is 11.8 Å². The molecule has 4 aliphatic rings. The molecule has 2 fully saturated rings. The Bertz CT molecular complexity index is 2140. The zero-order chi connectivity index (χ0) is 40.2. The maximum atomic E-state index is 13.2. The zero-order valence-corrected chi connectivity index (χ0v) is 33.6. The highest BCUT2D eigenvalue weighted by atomic mass is 19.1. The lowest BCUT2D eigenvalue weighted by molar-refractivity contribution is 0.0576. The number of anilines is 2. The number of benzene rings is 2. The third-order valence-electron chi connectivity index (χ3n) is 11.1. The fourth-order valence-electron chi connectivity index (χ4n) is 7.56. The number of hydrogen-bond acceptors (Lipinski definition) is 7. The number of halogens is 1. The number of ether oxygens (including phenoxy) is 1. The Morgan fingerprint density at radius 1 is 0.750 bits per heavy atom. The van der Waals surface area contributed by atoms with Crippen molar-refractivity contribution in [3.8, 4) is 0 Å². The van der Waals surface area contributed by atoms with E-state index in [2.05, 4.69) is 28.9 Å². The standard InChI is InChI=1S/C24H28FN3O3.C21H25N3O/c1-23(2,3)31-22(30)28-13-15-12-17(15)20-18(28)10-11-19(26-20)24(4,5)27-21(29)14-6-8-16(25)9-7-14;1-4-13-5-7-14(8-6-13)20(25)24-21(2,3)18-10-9-17-19(23-18)16-11-15(16)12-22-17/h6-11,15,17H,12-13H2,1-5H3,(H,27,29);5-10,15-16,22H,4,11-12H2,1-3H3,(H,24,25). The number of rotatable bonds is 7. The van der Waals surface area contributed by atoms with E-state index in [4.69, 9.17) is 14.7 Å². The summed E-state index contributed by atoms with van der Waals surface area (Å²) in [4.78, 5) is 49.5. The summed E-state index contributed by atoms with van der Waals surface area (Å²) in [6.45, 7) is 17.1. The van der Waals surface area contributed by atoms with Gasteiger partial charge in [0, 0.05) is 36.1 Å². The molecule has 4 heterocycles. The van der Waals surface area contributed by atoms with Crippen LogP contribution in [-0.4, -0.2) is 46.6 Å². The van der Waals surface area contributed by atoms with Crippen molar-refractivity contribution in [3.63, 3.8) is 0 Å². The summed E-state index contributed by atoms with van der Waals surface area (Å²) in [7, 11) is 0. The molecule has 56 heavy (non-hydrogen) atoms. The smallest absolute Gasteiger partial charge is 0.414 e. The van der Waals surface area contributed by atoms with Crippen LogP contribution in [0.2, 0.25) is 0 Å². The van der Waals surface area contributed by atoms with Gasteiger partial charge in [-0.2, -0.15) is 0 Å². The Labute approximate surface area is 329 Å². The summed E-state index contributed by atoms with van der Waals surface area (Å²) >= 11 is 0. The average molecular weight is 761 g/mol. The largest absolute Gasteiger partial charge is 0.443 e. The highest BCUT2D eigenvalue weighted by Gasteiger charge is 2.49. The second kappa shape index (κ2) is 14.6. The Hall–Kier alpha value is -5.32. The quantitative estimate of drug-likeness (QED) is 0.172. The van der Waals surface area contributed by atoms with E-state index in [0.29, 0.717) is 41.1 Å². The van der Waals surface area contributed by atoms with E-state index >= 15 is 0 Å². The van der Waals surface area contributed by atoms with Crippen LogP contribution in [0.25, 0.3) is 0 Å². The lowest BCUT2D eigenvalue weighted by atomic mass is 9.97. The van der Waals surface area contributed by atoms with Gasteiger partial charge in [-0.25, -0.2) is 9.18 Å². The van der Waals surface area contributed by atoms with Crippen LogP contribution >= 0.6 is 0 Å². The molecule has 0 radical (unpaired) electrons. The van der Waals surface area contributed by atoms with Gasteiger partial charge in [-0.05, 0) is 146 Å². The summed E-state index contributed by atoms with van der Waals surface area (Å²) in [5.74, 6) is 1.31. The van der Waals surface area contributed by atoms with Gasteiger partial charge in [0.2, 0.25) is 0 Å². The average Bonchev–Trinajstić information content (AvgIpc) is 4.09. The first-order valence-electron chi connectivity index (χ1n) is 19.7. The highest BCUT2D eigenvalue weighted by molar-refractivity contribution is 5.95. The summed E-state index contributed by atoms with van der Waals surface area (Å²) in [5, 5.41) is 9.58. The normalized spacial score (nSPS) is 20.3. The van der Waals surface area contributed by atoms with Crippen molar-refractivity contribution < 1.29 is 23.5 Å². The fraction of sp³-hybridized carbons (Fsp3) is 0.444. The van der Waals surface area contributed by atoms with Crippen LogP contribution in [0.15, 0.2) is 72.8 Å². The molecular formula is C45H53FN6O4. The predicted molar refractivity (Wildman–Crippen MR) is 215 cm³/mol. The molecule has 2 aliphatic carbocycles. The summed E-state index contributed by atoms with van der Waals surface area (Å²) < 4.78 is 18.7. The molecule has 0 bridgehead atoms. The van der Waals surface area contributed by atoms with Crippen molar-refractivity contribution in [3.05, 3.63) is 118 Å². The SMILES string of the molecule is CC(C)(C)OC(=O)N1CC2CC2c2nc(C(C)(C)NC(=O)c3ccc(F)cc3)ccc21.CCc1ccc(C(=O)NC(C)(C)c2ccc3c(n2)C2CC2CN3)cc1. The van der Waals surface area contributed by atoms with Gasteiger partial charge in [0.05, 0.1) is 45.2 Å². The van der Waals surface area contributed by atoms with Crippen molar-refractivity contribution >= 4 is 29.3 Å². The number of aryl methyl sites for hydroxylation is 1. The number of nitrogens with zero attached hydrogens (tertiary/aromatic N) is 3. The number of nitrogens with one attached hydrogen (secondary N) is 3. The number of hydrogen-bond donors (Lipinski definition) is 3. The molecule has 0 spiro atoms. The van der Waals surface area contributed by atoms with E-state index in [9.17, 15) is 18.8 Å². The molecule has 2 aliphatic heterocycles. The fourth-order valence-corrected chi connectivity index (χ4v) is 7.56. The molecule has 2 saturated carbocycles. The number of carbonyl (C=O) groups is 3. The van der Waals surface area contributed by atoms with E-state index in [0.717, 1.165) is 48.1 Å². The van der Waals surface area contributed by atoms with E-state index in [1.807, 2.05) is 90.9 Å². The summed E-state index contributed by atoms with van der Waals surface area (Å²) in [5.41, 5.74) is 6.06. The maximum Gasteiger partial charge on any atom is 0.414 e. The van der Waals surface area contributed by atoms with Crippen LogP contribution in [0.3, 0.4) is 0 Å².